The van der Waals surface area contributed by atoms with Crippen LogP contribution in [0.5, 0.6) is 0 Å². The molecule has 1 atom stereocenters. The summed E-state index contributed by atoms with van der Waals surface area (Å²) < 4.78 is 5.76. The van der Waals surface area contributed by atoms with Gasteiger partial charge in [0.1, 0.15) is 16.9 Å². The summed E-state index contributed by atoms with van der Waals surface area (Å²) in [5, 5.41) is 10.1. The van der Waals surface area contributed by atoms with Gasteiger partial charge in [-0.05, 0) is 26.0 Å². The second-order valence-electron chi connectivity index (χ2n) is 5.02. The van der Waals surface area contributed by atoms with Crippen molar-refractivity contribution in [2.75, 3.05) is 6.54 Å². The van der Waals surface area contributed by atoms with Gasteiger partial charge in [0, 0.05) is 11.4 Å². The standard InChI is InChI=1S/C16H21NO3/c1-4-11(3)17(5-2)10-14-15(16(18)19)12-8-6-7-9-13(12)20-14/h6-9,11H,4-5,10H2,1-3H3,(H,18,19). The molecular formula is C16H21NO3. The van der Waals surface area contributed by atoms with E-state index in [1.807, 2.05) is 18.2 Å². The van der Waals surface area contributed by atoms with Crippen molar-refractivity contribution in [3.63, 3.8) is 0 Å². The number of nitrogens with zero attached hydrogens (tertiary/aromatic N) is 1. The highest BCUT2D eigenvalue weighted by Crippen LogP contribution is 2.27. The third-order valence-electron chi connectivity index (χ3n) is 3.85. The van der Waals surface area contributed by atoms with Crippen molar-refractivity contribution >= 4 is 16.9 Å². The van der Waals surface area contributed by atoms with E-state index in [1.54, 1.807) is 6.07 Å². The van der Waals surface area contributed by atoms with Crippen LogP contribution in [0.3, 0.4) is 0 Å². The second-order valence-corrected chi connectivity index (χ2v) is 5.02. The zero-order valence-electron chi connectivity index (χ0n) is 12.2. The summed E-state index contributed by atoms with van der Waals surface area (Å²) in [6, 6.07) is 7.69. The van der Waals surface area contributed by atoms with Gasteiger partial charge in [-0.25, -0.2) is 4.79 Å². The minimum Gasteiger partial charge on any atom is -0.478 e. The Balaban J connectivity index is 2.43. The molecule has 0 spiro atoms. The average Bonchev–Trinajstić information content (AvgIpc) is 2.81. The molecule has 0 radical (unpaired) electrons. The Kier molecular flexibility index (Phi) is 4.45. The van der Waals surface area contributed by atoms with Crippen LogP contribution in [0.15, 0.2) is 28.7 Å². The van der Waals surface area contributed by atoms with Gasteiger partial charge in [-0.1, -0.05) is 32.0 Å². The molecule has 4 heteroatoms. The third kappa shape index (κ3) is 2.70. The lowest BCUT2D eigenvalue weighted by Gasteiger charge is -2.25. The number of aromatic carboxylic acids is 1. The molecule has 1 aromatic heterocycles. The summed E-state index contributed by atoms with van der Waals surface area (Å²) in [6.45, 7) is 7.75. The van der Waals surface area contributed by atoms with Gasteiger partial charge in [0.15, 0.2) is 0 Å². The fourth-order valence-corrected chi connectivity index (χ4v) is 2.46. The summed E-state index contributed by atoms with van der Waals surface area (Å²) in [7, 11) is 0. The Morgan fingerprint density at radius 2 is 2.05 bits per heavy atom. The number of benzene rings is 1. The highest BCUT2D eigenvalue weighted by molar-refractivity contribution is 6.03. The van der Waals surface area contributed by atoms with Gasteiger partial charge in [-0.3, -0.25) is 4.90 Å². The van der Waals surface area contributed by atoms with E-state index < -0.39 is 5.97 Å². The molecule has 1 unspecified atom stereocenters. The van der Waals surface area contributed by atoms with Crippen LogP contribution in [0, 0.1) is 0 Å². The van der Waals surface area contributed by atoms with Gasteiger partial charge in [0.2, 0.25) is 0 Å². The maximum Gasteiger partial charge on any atom is 0.339 e. The van der Waals surface area contributed by atoms with Gasteiger partial charge in [-0.2, -0.15) is 0 Å². The molecule has 4 nitrogen and oxygen atoms in total. The maximum absolute atomic E-state index is 11.5. The van der Waals surface area contributed by atoms with Gasteiger partial charge in [-0.15, -0.1) is 0 Å². The molecule has 2 aromatic rings. The van der Waals surface area contributed by atoms with Crippen molar-refractivity contribution in [1.82, 2.24) is 4.90 Å². The van der Waals surface area contributed by atoms with Crippen LogP contribution in [-0.2, 0) is 6.54 Å². The van der Waals surface area contributed by atoms with Crippen molar-refractivity contribution < 1.29 is 14.3 Å². The highest BCUT2D eigenvalue weighted by Gasteiger charge is 2.22. The number of carbonyl (C=O) groups is 1. The summed E-state index contributed by atoms with van der Waals surface area (Å²) in [5.74, 6) is -0.383. The van der Waals surface area contributed by atoms with Crippen LogP contribution in [0.25, 0.3) is 11.0 Å². The van der Waals surface area contributed by atoms with Crippen LogP contribution >= 0.6 is 0 Å². The molecule has 0 aliphatic carbocycles. The normalized spacial score (nSPS) is 13.0. The fourth-order valence-electron chi connectivity index (χ4n) is 2.46. The first-order chi connectivity index (χ1) is 9.58. The Labute approximate surface area is 119 Å². The minimum atomic E-state index is -0.926. The summed E-state index contributed by atoms with van der Waals surface area (Å²) in [4.78, 5) is 13.8. The Morgan fingerprint density at radius 3 is 2.65 bits per heavy atom. The number of fused-ring (bicyclic) bond motifs is 1. The third-order valence-corrected chi connectivity index (χ3v) is 3.85. The SMILES string of the molecule is CCC(C)N(CC)Cc1oc2ccccc2c1C(=O)O. The number of hydrogen-bond donors (Lipinski definition) is 1. The van der Waals surface area contributed by atoms with E-state index in [0.29, 0.717) is 34.9 Å². The molecule has 1 N–H and O–H groups in total. The van der Waals surface area contributed by atoms with Crippen LogP contribution in [-0.4, -0.2) is 28.6 Å². The zero-order valence-corrected chi connectivity index (χ0v) is 12.2. The molecule has 0 fully saturated rings. The van der Waals surface area contributed by atoms with E-state index >= 15 is 0 Å². The molecule has 1 aromatic carbocycles. The van der Waals surface area contributed by atoms with E-state index in [1.165, 1.54) is 0 Å². The molecular weight excluding hydrogens is 254 g/mol. The van der Waals surface area contributed by atoms with Crippen LogP contribution in [0.4, 0.5) is 0 Å². The van der Waals surface area contributed by atoms with Gasteiger partial charge in [0.05, 0.1) is 6.54 Å². The molecule has 1 heterocycles. The van der Waals surface area contributed by atoms with Gasteiger partial charge in [0.25, 0.3) is 0 Å². The molecule has 0 aliphatic heterocycles. The summed E-state index contributed by atoms with van der Waals surface area (Å²) >= 11 is 0. The van der Waals surface area contributed by atoms with Crippen LogP contribution < -0.4 is 0 Å². The van der Waals surface area contributed by atoms with Gasteiger partial charge >= 0.3 is 5.97 Å². The Morgan fingerprint density at radius 1 is 1.35 bits per heavy atom. The average molecular weight is 275 g/mol. The first-order valence-electron chi connectivity index (χ1n) is 7.06. The topological polar surface area (TPSA) is 53.7 Å². The molecule has 0 bridgehead atoms. The number of hydrogen-bond acceptors (Lipinski definition) is 3. The predicted molar refractivity (Wildman–Crippen MR) is 79.0 cm³/mol. The zero-order chi connectivity index (χ0) is 14.7. The number of para-hydroxylation sites is 1. The quantitative estimate of drug-likeness (QED) is 0.872. The second kappa shape index (κ2) is 6.09. The Bertz CT molecular complexity index is 603. The number of furan rings is 1. The number of carboxylic acid groups (broad SMARTS) is 1. The number of rotatable bonds is 6. The van der Waals surface area contributed by atoms with Gasteiger partial charge < -0.3 is 9.52 Å². The lowest BCUT2D eigenvalue weighted by molar-refractivity contribution is 0.0693. The van der Waals surface area contributed by atoms with E-state index in [2.05, 4.69) is 25.7 Å². The number of carboxylic acids is 1. The first kappa shape index (κ1) is 14.6. The van der Waals surface area contributed by atoms with Crippen molar-refractivity contribution in [2.45, 2.75) is 39.8 Å². The minimum absolute atomic E-state index is 0.294. The first-order valence-corrected chi connectivity index (χ1v) is 7.06. The van der Waals surface area contributed by atoms with Crippen molar-refractivity contribution in [1.29, 1.82) is 0 Å². The smallest absolute Gasteiger partial charge is 0.339 e. The fraction of sp³-hybridized carbons (Fsp3) is 0.438. The highest BCUT2D eigenvalue weighted by atomic mass is 16.4. The largest absolute Gasteiger partial charge is 0.478 e. The van der Waals surface area contributed by atoms with Crippen molar-refractivity contribution in [3.05, 3.63) is 35.6 Å². The lowest BCUT2D eigenvalue weighted by atomic mass is 10.1. The molecule has 20 heavy (non-hydrogen) atoms. The molecule has 0 saturated heterocycles. The summed E-state index contributed by atoms with van der Waals surface area (Å²) in [6.07, 6.45) is 1.02. The summed E-state index contributed by atoms with van der Waals surface area (Å²) in [5.41, 5.74) is 0.933. The Hall–Kier alpha value is -1.81. The molecule has 0 aliphatic rings. The maximum atomic E-state index is 11.5. The molecule has 2 rings (SSSR count). The van der Waals surface area contributed by atoms with Crippen LogP contribution in [0.1, 0.15) is 43.3 Å². The lowest BCUT2D eigenvalue weighted by Crippen LogP contribution is -2.32. The van der Waals surface area contributed by atoms with E-state index in [4.69, 9.17) is 4.42 Å². The molecule has 0 amide bonds. The predicted octanol–water partition coefficient (Wildman–Crippen LogP) is 3.75. The molecule has 108 valence electrons. The monoisotopic (exact) mass is 275 g/mol. The van der Waals surface area contributed by atoms with E-state index in [9.17, 15) is 9.90 Å². The van der Waals surface area contributed by atoms with Crippen LogP contribution in [0.2, 0.25) is 0 Å². The molecule has 0 saturated carbocycles. The van der Waals surface area contributed by atoms with E-state index in [0.717, 1.165) is 13.0 Å². The van der Waals surface area contributed by atoms with Crippen molar-refractivity contribution in [3.8, 4) is 0 Å². The van der Waals surface area contributed by atoms with Crippen molar-refractivity contribution in [2.24, 2.45) is 0 Å². The van der Waals surface area contributed by atoms with E-state index in [-0.39, 0.29) is 0 Å².